The van der Waals surface area contributed by atoms with Crippen molar-refractivity contribution in [2.24, 2.45) is 0 Å². The highest BCUT2D eigenvalue weighted by Gasteiger charge is 1.85. The summed E-state index contributed by atoms with van der Waals surface area (Å²) in [6, 6.07) is 0. The largest absolute Gasteiger partial charge is 0.293 e. The molecule has 0 atom stereocenters. The normalized spacial score (nSPS) is 7.00. The average molecular weight is 161 g/mol. The molecule has 0 heterocycles. The van der Waals surface area contributed by atoms with E-state index >= 15 is 0 Å². The summed E-state index contributed by atoms with van der Waals surface area (Å²) in [5.41, 5.74) is 2.36. The van der Waals surface area contributed by atoms with Crippen molar-refractivity contribution >= 4 is 21.7 Å². The predicted molar refractivity (Wildman–Crippen MR) is 32.5 cm³/mol. The maximum Gasteiger partial charge on any atom is 0.173 e. The van der Waals surface area contributed by atoms with Crippen LogP contribution >= 0.6 is 15.9 Å². The molecule has 0 unspecified atom stereocenters. The number of carbonyl (C=O) groups is 1. The van der Waals surface area contributed by atoms with E-state index in [2.05, 4.69) is 28.2 Å². The Hall–Kier alpha value is -0.330. The molecule has 0 aliphatic heterocycles. The molecule has 1 nitrogen and oxygen atoms in total. The third kappa shape index (κ3) is 3.50. The van der Waals surface area contributed by atoms with E-state index in [9.17, 15) is 4.79 Å². The Bertz CT molecular complexity index is 111. The molecular formula is C5H5BrO. The van der Waals surface area contributed by atoms with E-state index in [-0.39, 0.29) is 5.78 Å². The van der Waals surface area contributed by atoms with Crippen molar-refractivity contribution in [3.8, 4) is 0 Å². The third-order valence-electron chi connectivity index (χ3n) is 0.395. The first kappa shape index (κ1) is 6.67. The second-order valence-corrected chi connectivity index (χ2v) is 1.51. The fraction of sp³-hybridized carbons (Fsp3) is 0.200. The molecule has 0 radical (unpaired) electrons. The van der Waals surface area contributed by atoms with Gasteiger partial charge in [-0.3, -0.25) is 4.79 Å². The van der Waals surface area contributed by atoms with Crippen molar-refractivity contribution in [1.29, 1.82) is 0 Å². The Kier molecular flexibility index (Phi) is 3.67. The number of rotatable bonds is 2. The quantitative estimate of drug-likeness (QED) is 0.338. The van der Waals surface area contributed by atoms with E-state index in [1.807, 2.05) is 0 Å². The van der Waals surface area contributed by atoms with Crippen LogP contribution in [0, 0.1) is 0 Å². The first-order valence-corrected chi connectivity index (χ1v) is 2.88. The number of halogens is 1. The first-order chi connectivity index (χ1) is 3.31. The molecule has 0 aromatic heterocycles. The van der Waals surface area contributed by atoms with Gasteiger partial charge < -0.3 is 0 Å². The molecule has 0 fully saturated rings. The van der Waals surface area contributed by atoms with Crippen LogP contribution in [0.25, 0.3) is 0 Å². The lowest BCUT2D eigenvalue weighted by Gasteiger charge is -1.73. The van der Waals surface area contributed by atoms with Crippen molar-refractivity contribution in [3.05, 3.63) is 18.4 Å². The van der Waals surface area contributed by atoms with Crippen molar-refractivity contribution in [1.82, 2.24) is 0 Å². The van der Waals surface area contributed by atoms with Gasteiger partial charge in [0, 0.05) is 6.08 Å². The van der Waals surface area contributed by atoms with Gasteiger partial charge in [-0.15, -0.1) is 5.73 Å². The first-order valence-electron chi connectivity index (χ1n) is 1.76. The Morgan fingerprint density at radius 3 is 2.71 bits per heavy atom. The fourth-order valence-electron chi connectivity index (χ4n) is 0.152. The van der Waals surface area contributed by atoms with Gasteiger partial charge in [-0.05, 0) is 0 Å². The number of alkyl halides is 1. The second-order valence-electron chi connectivity index (χ2n) is 0.948. The summed E-state index contributed by atoms with van der Waals surface area (Å²) in [4.78, 5) is 10.2. The van der Waals surface area contributed by atoms with E-state index in [1.165, 1.54) is 6.08 Å². The summed E-state index contributed by atoms with van der Waals surface area (Å²) in [7, 11) is 0. The standard InChI is InChI=1S/C5H5BrO/c1-2-3-5(7)4-6/h3H,1,4H2. The minimum Gasteiger partial charge on any atom is -0.293 e. The van der Waals surface area contributed by atoms with Crippen molar-refractivity contribution in [2.45, 2.75) is 0 Å². The Balaban J connectivity index is 3.58. The van der Waals surface area contributed by atoms with E-state index in [0.717, 1.165) is 0 Å². The van der Waals surface area contributed by atoms with Crippen LogP contribution in [0.1, 0.15) is 0 Å². The molecule has 0 aliphatic rings. The summed E-state index contributed by atoms with van der Waals surface area (Å²) >= 11 is 2.97. The molecule has 0 rings (SSSR count). The van der Waals surface area contributed by atoms with Crippen LogP contribution in [0.3, 0.4) is 0 Å². The number of hydrogen-bond donors (Lipinski definition) is 0. The monoisotopic (exact) mass is 160 g/mol. The Morgan fingerprint density at radius 1 is 2.00 bits per heavy atom. The molecule has 0 N–H and O–H groups in total. The van der Waals surface area contributed by atoms with Gasteiger partial charge >= 0.3 is 0 Å². The predicted octanol–water partition coefficient (Wildman–Crippen LogP) is 1.29. The topological polar surface area (TPSA) is 17.1 Å². The van der Waals surface area contributed by atoms with Crippen molar-refractivity contribution < 1.29 is 4.79 Å². The highest BCUT2D eigenvalue weighted by atomic mass is 79.9. The molecule has 7 heavy (non-hydrogen) atoms. The zero-order chi connectivity index (χ0) is 5.70. The van der Waals surface area contributed by atoms with E-state index < -0.39 is 0 Å². The molecule has 0 aromatic carbocycles. The fourth-order valence-corrected chi connectivity index (χ4v) is 0.314. The maximum absolute atomic E-state index is 10.2. The molecule has 0 spiro atoms. The summed E-state index contributed by atoms with van der Waals surface area (Å²) in [6.45, 7) is 3.23. The molecule has 2 heteroatoms. The lowest BCUT2D eigenvalue weighted by molar-refractivity contribution is -0.112. The molecule has 0 aliphatic carbocycles. The van der Waals surface area contributed by atoms with E-state index in [1.54, 1.807) is 0 Å². The van der Waals surface area contributed by atoms with Gasteiger partial charge in [-0.2, -0.15) is 0 Å². The number of carbonyl (C=O) groups excluding carboxylic acids is 1. The minimum absolute atomic E-state index is 0.00463. The van der Waals surface area contributed by atoms with Crippen LogP contribution in [0.15, 0.2) is 18.4 Å². The van der Waals surface area contributed by atoms with Crippen LogP contribution in [0.5, 0.6) is 0 Å². The summed E-state index contributed by atoms with van der Waals surface area (Å²) in [5.74, 6) is -0.00463. The lowest BCUT2D eigenvalue weighted by atomic mass is 10.4. The van der Waals surface area contributed by atoms with Gasteiger partial charge in [-0.1, -0.05) is 22.5 Å². The lowest BCUT2D eigenvalue weighted by Crippen LogP contribution is -1.89. The van der Waals surface area contributed by atoms with Gasteiger partial charge in [0.25, 0.3) is 0 Å². The van der Waals surface area contributed by atoms with Gasteiger partial charge in [-0.25, -0.2) is 0 Å². The van der Waals surface area contributed by atoms with Crippen molar-refractivity contribution in [3.63, 3.8) is 0 Å². The molecule has 0 aromatic rings. The van der Waals surface area contributed by atoms with Crippen LogP contribution < -0.4 is 0 Å². The highest BCUT2D eigenvalue weighted by molar-refractivity contribution is 9.09. The molecule has 0 saturated heterocycles. The SMILES string of the molecule is C=C=CC(=O)CBr. The Morgan fingerprint density at radius 2 is 2.57 bits per heavy atom. The summed E-state index contributed by atoms with van der Waals surface area (Å²) in [6.07, 6.45) is 1.30. The number of ketones is 1. The highest BCUT2D eigenvalue weighted by Crippen LogP contribution is 1.81. The van der Waals surface area contributed by atoms with Crippen LogP contribution in [0.4, 0.5) is 0 Å². The Labute approximate surface area is 50.8 Å². The maximum atomic E-state index is 10.2. The molecule has 0 amide bonds. The van der Waals surface area contributed by atoms with Crippen LogP contribution in [-0.2, 0) is 4.79 Å². The zero-order valence-electron chi connectivity index (χ0n) is 3.78. The molecule has 0 saturated carbocycles. The van der Waals surface area contributed by atoms with Crippen LogP contribution in [0.2, 0.25) is 0 Å². The number of hydrogen-bond acceptors (Lipinski definition) is 1. The summed E-state index contributed by atoms with van der Waals surface area (Å²) < 4.78 is 0. The molecule has 38 valence electrons. The van der Waals surface area contributed by atoms with Gasteiger partial charge in [0.1, 0.15) is 0 Å². The van der Waals surface area contributed by atoms with Gasteiger partial charge in [0.2, 0.25) is 0 Å². The van der Waals surface area contributed by atoms with E-state index in [4.69, 9.17) is 0 Å². The molecule has 0 bridgehead atoms. The average Bonchev–Trinajstić information content (AvgIpc) is 1.68. The smallest absolute Gasteiger partial charge is 0.173 e. The van der Waals surface area contributed by atoms with Crippen LogP contribution in [-0.4, -0.2) is 11.1 Å². The molecular weight excluding hydrogens is 156 g/mol. The van der Waals surface area contributed by atoms with E-state index in [0.29, 0.717) is 5.33 Å². The van der Waals surface area contributed by atoms with Gasteiger partial charge in [0.15, 0.2) is 5.78 Å². The number of allylic oxidation sites excluding steroid dienone is 1. The zero-order valence-corrected chi connectivity index (χ0v) is 5.36. The summed E-state index contributed by atoms with van der Waals surface area (Å²) in [5, 5.41) is 0.357. The third-order valence-corrected chi connectivity index (χ3v) is 0.947. The second kappa shape index (κ2) is 3.85. The minimum atomic E-state index is -0.00463. The van der Waals surface area contributed by atoms with Gasteiger partial charge in [0.05, 0.1) is 5.33 Å². The van der Waals surface area contributed by atoms with Crippen molar-refractivity contribution in [2.75, 3.05) is 5.33 Å².